The summed E-state index contributed by atoms with van der Waals surface area (Å²) < 4.78 is 5.15. The molecule has 3 aromatic rings. The van der Waals surface area contributed by atoms with Crippen LogP contribution in [0.1, 0.15) is 12.0 Å². The molecule has 0 aliphatic heterocycles. The number of halogens is 1. The van der Waals surface area contributed by atoms with Crippen LogP contribution >= 0.6 is 11.6 Å². The number of aryl methyl sites for hydroxylation is 1. The van der Waals surface area contributed by atoms with Crippen molar-refractivity contribution in [1.29, 1.82) is 0 Å². The summed E-state index contributed by atoms with van der Waals surface area (Å²) in [6.45, 7) is 1.07. The van der Waals surface area contributed by atoms with E-state index in [2.05, 4.69) is 25.9 Å². The van der Waals surface area contributed by atoms with Gasteiger partial charge in [-0.05, 0) is 36.6 Å². The van der Waals surface area contributed by atoms with Crippen LogP contribution in [0.4, 0.5) is 11.5 Å². The van der Waals surface area contributed by atoms with E-state index < -0.39 is 0 Å². The first-order valence-electron chi connectivity index (χ1n) is 10.2. The number of rotatable bonds is 11. The molecular weight excluding hydrogens is 434 g/mol. The van der Waals surface area contributed by atoms with Crippen LogP contribution < -0.4 is 20.7 Å². The Morgan fingerprint density at radius 3 is 2.81 bits per heavy atom. The fourth-order valence-corrected chi connectivity index (χ4v) is 3.37. The largest absolute Gasteiger partial charge is 0.504 e. The number of methoxy groups -OCH3 is 1. The van der Waals surface area contributed by atoms with Crippen LogP contribution in [-0.4, -0.2) is 59.4 Å². The third-order valence-electron chi connectivity index (χ3n) is 4.78. The number of hydrogen-bond acceptors (Lipinski definition) is 8. The number of hydrogen-bond donors (Lipinski definition) is 5. The number of phenolic OH excluding ortho intramolecular Hbond substituents is 1. The molecule has 0 unspecified atom stereocenters. The van der Waals surface area contributed by atoms with Crippen molar-refractivity contribution in [3.8, 4) is 11.5 Å². The molecule has 9 nitrogen and oxygen atoms in total. The number of aromatic nitrogens is 2. The molecule has 0 spiro atoms. The van der Waals surface area contributed by atoms with E-state index in [0.29, 0.717) is 47.0 Å². The number of nitrogens with one attached hydrogen (secondary N) is 3. The van der Waals surface area contributed by atoms with Crippen molar-refractivity contribution in [2.75, 3.05) is 38.7 Å². The zero-order chi connectivity index (χ0) is 22.9. The average Bonchev–Trinajstić information content (AvgIpc) is 2.78. The maximum absolute atomic E-state index is 11.8. The number of carbonyl (C=O) groups is 1. The molecule has 32 heavy (non-hydrogen) atoms. The second kappa shape index (κ2) is 11.5. The quantitative estimate of drug-likeness (QED) is 0.276. The first kappa shape index (κ1) is 23.5. The molecule has 0 saturated heterocycles. The maximum atomic E-state index is 11.8. The van der Waals surface area contributed by atoms with Gasteiger partial charge in [0.15, 0.2) is 11.5 Å². The molecular formula is C22H26ClN5O4. The van der Waals surface area contributed by atoms with Crippen molar-refractivity contribution in [2.45, 2.75) is 12.8 Å². The van der Waals surface area contributed by atoms with Crippen molar-refractivity contribution in [1.82, 2.24) is 20.6 Å². The van der Waals surface area contributed by atoms with Gasteiger partial charge in [-0.15, -0.1) is 0 Å². The number of carbonyl (C=O) groups excluding carboxylic acids is 1. The first-order valence-corrected chi connectivity index (χ1v) is 10.5. The third-order valence-corrected chi connectivity index (χ3v) is 5.02. The van der Waals surface area contributed by atoms with E-state index in [1.54, 1.807) is 12.1 Å². The molecule has 1 heterocycles. The van der Waals surface area contributed by atoms with Gasteiger partial charge in [0.1, 0.15) is 12.1 Å². The average molecular weight is 460 g/mol. The van der Waals surface area contributed by atoms with Crippen molar-refractivity contribution in [3.63, 3.8) is 0 Å². The van der Waals surface area contributed by atoms with Crippen molar-refractivity contribution >= 4 is 39.9 Å². The van der Waals surface area contributed by atoms with E-state index in [-0.39, 0.29) is 24.8 Å². The van der Waals surface area contributed by atoms with E-state index in [1.807, 2.05) is 18.2 Å². The Labute approximate surface area is 190 Å². The van der Waals surface area contributed by atoms with Gasteiger partial charge < -0.3 is 30.9 Å². The van der Waals surface area contributed by atoms with Crippen LogP contribution in [0, 0.1) is 0 Å². The first-order chi connectivity index (χ1) is 15.5. The van der Waals surface area contributed by atoms with Crippen LogP contribution in [0.5, 0.6) is 11.5 Å². The highest BCUT2D eigenvalue weighted by Gasteiger charge is 2.12. The van der Waals surface area contributed by atoms with Crippen LogP contribution in [0.3, 0.4) is 0 Å². The summed E-state index contributed by atoms with van der Waals surface area (Å²) in [6, 6.07) is 8.76. The molecule has 10 heteroatoms. The number of anilines is 2. The number of nitrogens with zero attached hydrogens (tertiary/aromatic N) is 2. The minimum Gasteiger partial charge on any atom is -0.504 e. The Balaban J connectivity index is 1.71. The van der Waals surface area contributed by atoms with E-state index in [4.69, 9.17) is 21.4 Å². The molecule has 5 N–H and O–H groups in total. The fraction of sp³-hybridized carbons (Fsp3) is 0.318. The molecule has 0 aliphatic rings. The molecule has 0 radical (unpaired) electrons. The van der Waals surface area contributed by atoms with Crippen LogP contribution in [-0.2, 0) is 11.2 Å². The highest BCUT2D eigenvalue weighted by Crippen LogP contribution is 2.34. The number of aliphatic hydroxyl groups excluding tert-OH is 1. The van der Waals surface area contributed by atoms with Gasteiger partial charge in [0.2, 0.25) is 5.91 Å². The van der Waals surface area contributed by atoms with Crippen LogP contribution in [0.25, 0.3) is 10.9 Å². The van der Waals surface area contributed by atoms with Crippen molar-refractivity contribution < 1.29 is 19.7 Å². The third kappa shape index (κ3) is 6.19. The number of amides is 1. The van der Waals surface area contributed by atoms with Crippen LogP contribution in [0.15, 0.2) is 36.7 Å². The van der Waals surface area contributed by atoms with Crippen LogP contribution in [0.2, 0.25) is 5.02 Å². The second-order valence-electron chi connectivity index (χ2n) is 7.04. The second-order valence-corrected chi connectivity index (χ2v) is 7.48. The predicted octanol–water partition coefficient (Wildman–Crippen LogP) is 2.37. The molecule has 3 rings (SSSR count). The number of phenols is 1. The highest BCUT2D eigenvalue weighted by atomic mass is 35.5. The normalized spacial score (nSPS) is 10.8. The van der Waals surface area contributed by atoms with Gasteiger partial charge >= 0.3 is 0 Å². The standard InChI is InChI=1S/C22H26ClN5O4/c1-32-20-11-18-16(10-19(20)30)22(27-13-26-18)28-17-9-15(23)5-4-14(17)3-2-6-25-21(31)12-24-7-8-29/h4-5,9-11,13,24,29-30H,2-3,6-8,12H2,1H3,(H,25,31)(H,26,27,28). The van der Waals surface area contributed by atoms with Gasteiger partial charge in [0.25, 0.3) is 0 Å². The molecule has 0 aliphatic carbocycles. The fourth-order valence-electron chi connectivity index (χ4n) is 3.20. The van der Waals surface area contributed by atoms with Gasteiger partial charge in [-0.3, -0.25) is 4.79 Å². The van der Waals surface area contributed by atoms with Gasteiger partial charge in [-0.1, -0.05) is 17.7 Å². The topological polar surface area (TPSA) is 129 Å². The Morgan fingerprint density at radius 2 is 2.03 bits per heavy atom. The monoisotopic (exact) mass is 459 g/mol. The molecule has 1 aromatic heterocycles. The number of fused-ring (bicyclic) bond motifs is 1. The zero-order valence-corrected chi connectivity index (χ0v) is 18.4. The van der Waals surface area contributed by atoms with E-state index >= 15 is 0 Å². The van der Waals surface area contributed by atoms with Gasteiger partial charge in [-0.2, -0.15) is 0 Å². The summed E-state index contributed by atoms with van der Waals surface area (Å²) in [5.41, 5.74) is 2.41. The van der Waals surface area contributed by atoms with Gasteiger partial charge in [-0.25, -0.2) is 9.97 Å². The minimum absolute atomic E-state index is 0.00555. The number of aliphatic hydroxyl groups is 1. The maximum Gasteiger partial charge on any atom is 0.233 e. The smallest absolute Gasteiger partial charge is 0.233 e. The number of ether oxygens (including phenoxy) is 1. The number of aromatic hydroxyl groups is 1. The summed E-state index contributed by atoms with van der Waals surface area (Å²) in [5, 5.41) is 29.1. The van der Waals surface area contributed by atoms with E-state index in [1.165, 1.54) is 13.4 Å². The molecule has 0 atom stereocenters. The highest BCUT2D eigenvalue weighted by molar-refractivity contribution is 6.30. The van der Waals surface area contributed by atoms with Crippen molar-refractivity contribution in [2.24, 2.45) is 0 Å². The lowest BCUT2D eigenvalue weighted by molar-refractivity contribution is -0.120. The predicted molar refractivity (Wildman–Crippen MR) is 124 cm³/mol. The van der Waals surface area contributed by atoms with E-state index in [9.17, 15) is 9.90 Å². The number of benzene rings is 2. The Kier molecular flexibility index (Phi) is 8.43. The summed E-state index contributed by atoms with van der Waals surface area (Å²) >= 11 is 6.22. The molecule has 0 saturated carbocycles. The molecule has 0 bridgehead atoms. The lowest BCUT2D eigenvalue weighted by atomic mass is 10.1. The summed E-state index contributed by atoms with van der Waals surface area (Å²) in [5.74, 6) is 0.739. The lowest BCUT2D eigenvalue weighted by Gasteiger charge is -2.14. The Morgan fingerprint density at radius 1 is 1.19 bits per heavy atom. The lowest BCUT2D eigenvalue weighted by Crippen LogP contribution is -2.35. The minimum atomic E-state index is -0.115. The van der Waals surface area contributed by atoms with Crippen molar-refractivity contribution in [3.05, 3.63) is 47.2 Å². The molecule has 2 aromatic carbocycles. The molecule has 170 valence electrons. The molecule has 0 fully saturated rings. The Bertz CT molecular complexity index is 1080. The molecule has 1 amide bonds. The SMILES string of the molecule is COc1cc2ncnc(Nc3cc(Cl)ccc3CCCNC(=O)CNCCO)c2cc1O. The summed E-state index contributed by atoms with van der Waals surface area (Å²) in [7, 11) is 1.48. The van der Waals surface area contributed by atoms with Gasteiger partial charge in [0, 0.05) is 35.3 Å². The van der Waals surface area contributed by atoms with Gasteiger partial charge in [0.05, 0.1) is 25.8 Å². The van der Waals surface area contributed by atoms with E-state index in [0.717, 1.165) is 17.7 Å². The summed E-state index contributed by atoms with van der Waals surface area (Å²) in [4.78, 5) is 20.3. The Hall–Kier alpha value is -3.14. The summed E-state index contributed by atoms with van der Waals surface area (Å²) in [6.07, 6.45) is 2.86. The zero-order valence-electron chi connectivity index (χ0n) is 17.7.